The second-order valence-corrected chi connectivity index (χ2v) is 4.94. The summed E-state index contributed by atoms with van der Waals surface area (Å²) < 4.78 is 18.9. The van der Waals surface area contributed by atoms with Crippen LogP contribution in [-0.4, -0.2) is 24.7 Å². The second kappa shape index (κ2) is 7.04. The number of carbonyl (C=O) groups excluding carboxylic acids is 1. The minimum atomic E-state index is -0.872. The van der Waals surface area contributed by atoms with E-state index in [1.807, 2.05) is 0 Å². The van der Waals surface area contributed by atoms with Crippen LogP contribution in [0.1, 0.15) is 27.6 Å². The number of halogens is 1. The zero-order valence-electron chi connectivity index (χ0n) is 12.5. The number of benzene rings is 2. The van der Waals surface area contributed by atoms with Crippen molar-refractivity contribution in [1.82, 2.24) is 5.32 Å². The molecule has 0 bridgehead atoms. The molecule has 116 valence electrons. The highest BCUT2D eigenvalue weighted by Crippen LogP contribution is 2.17. The number of hydrogen-bond acceptors (Lipinski definition) is 3. The van der Waals surface area contributed by atoms with E-state index in [0.29, 0.717) is 16.9 Å². The molecule has 0 aromatic heterocycles. The van der Waals surface area contributed by atoms with E-state index in [1.165, 1.54) is 6.07 Å². The molecule has 4 nitrogen and oxygen atoms in total. The van der Waals surface area contributed by atoms with Crippen LogP contribution in [0.15, 0.2) is 42.5 Å². The molecule has 0 heterocycles. The Bertz CT molecular complexity index is 655. The summed E-state index contributed by atoms with van der Waals surface area (Å²) >= 11 is 0. The molecule has 0 fully saturated rings. The van der Waals surface area contributed by atoms with Crippen molar-refractivity contribution in [3.05, 3.63) is 65.0 Å². The van der Waals surface area contributed by atoms with Crippen molar-refractivity contribution in [3.63, 3.8) is 0 Å². The minimum Gasteiger partial charge on any atom is -0.497 e. The summed E-state index contributed by atoms with van der Waals surface area (Å²) in [7, 11) is 1.56. The largest absolute Gasteiger partial charge is 0.497 e. The Kier molecular flexibility index (Phi) is 5.12. The molecule has 1 amide bonds. The van der Waals surface area contributed by atoms with E-state index in [9.17, 15) is 14.3 Å². The van der Waals surface area contributed by atoms with Crippen LogP contribution in [0.4, 0.5) is 4.39 Å². The highest BCUT2D eigenvalue weighted by Gasteiger charge is 2.15. The number of methoxy groups -OCH3 is 1. The van der Waals surface area contributed by atoms with Gasteiger partial charge in [0.25, 0.3) is 5.91 Å². The van der Waals surface area contributed by atoms with E-state index in [4.69, 9.17) is 4.74 Å². The van der Waals surface area contributed by atoms with Gasteiger partial charge in [0, 0.05) is 6.54 Å². The zero-order chi connectivity index (χ0) is 16.1. The van der Waals surface area contributed by atoms with Gasteiger partial charge in [-0.1, -0.05) is 24.3 Å². The van der Waals surface area contributed by atoms with Gasteiger partial charge in [-0.05, 0) is 36.2 Å². The molecule has 1 atom stereocenters. The monoisotopic (exact) mass is 303 g/mol. The molecule has 0 aliphatic carbocycles. The molecular weight excluding hydrogens is 285 g/mol. The molecule has 5 heteroatoms. The molecular formula is C17H18FNO3. The van der Waals surface area contributed by atoms with Gasteiger partial charge in [-0.25, -0.2) is 4.39 Å². The zero-order valence-corrected chi connectivity index (χ0v) is 12.5. The molecule has 2 aromatic carbocycles. The Morgan fingerprint density at radius 2 is 1.95 bits per heavy atom. The van der Waals surface area contributed by atoms with Crippen LogP contribution < -0.4 is 10.1 Å². The molecule has 0 aliphatic rings. The summed E-state index contributed by atoms with van der Waals surface area (Å²) in [6.45, 7) is 1.59. The number of nitrogens with one attached hydrogen (secondary N) is 1. The lowest BCUT2D eigenvalue weighted by Gasteiger charge is -2.13. The van der Waals surface area contributed by atoms with Gasteiger partial charge in [-0.3, -0.25) is 4.79 Å². The molecule has 2 rings (SSSR count). The normalized spacial score (nSPS) is 11.8. The smallest absolute Gasteiger partial charge is 0.254 e. The third-order valence-corrected chi connectivity index (χ3v) is 3.39. The highest BCUT2D eigenvalue weighted by atomic mass is 19.1. The first-order valence-corrected chi connectivity index (χ1v) is 6.88. The quantitative estimate of drug-likeness (QED) is 0.892. The molecule has 2 aromatic rings. The Morgan fingerprint density at radius 3 is 2.59 bits per heavy atom. The third-order valence-electron chi connectivity index (χ3n) is 3.39. The maximum absolute atomic E-state index is 13.8. The molecule has 22 heavy (non-hydrogen) atoms. The summed E-state index contributed by atoms with van der Waals surface area (Å²) in [6, 6.07) is 11.5. The van der Waals surface area contributed by atoms with Crippen LogP contribution in [-0.2, 0) is 0 Å². The van der Waals surface area contributed by atoms with Crippen LogP contribution >= 0.6 is 0 Å². The van der Waals surface area contributed by atoms with Crippen LogP contribution in [0.25, 0.3) is 0 Å². The SMILES string of the molecule is COc1ccc(C(O)CNC(=O)c2cccc(C)c2F)cc1. The van der Waals surface area contributed by atoms with Gasteiger partial charge in [0.2, 0.25) is 0 Å². The van der Waals surface area contributed by atoms with E-state index in [-0.39, 0.29) is 12.1 Å². The lowest BCUT2D eigenvalue weighted by molar-refractivity contribution is 0.0912. The Labute approximate surface area is 128 Å². The number of carbonyl (C=O) groups is 1. The summed E-state index contributed by atoms with van der Waals surface area (Å²) in [5, 5.41) is 12.6. The van der Waals surface area contributed by atoms with E-state index in [2.05, 4.69) is 5.32 Å². The number of hydrogen-bond donors (Lipinski definition) is 2. The Morgan fingerprint density at radius 1 is 1.27 bits per heavy atom. The van der Waals surface area contributed by atoms with E-state index < -0.39 is 17.8 Å². The predicted octanol–water partition coefficient (Wildman–Crippen LogP) is 2.61. The molecule has 0 radical (unpaired) electrons. The summed E-state index contributed by atoms with van der Waals surface area (Å²) in [5.41, 5.74) is 1.02. The fourth-order valence-electron chi connectivity index (χ4n) is 2.05. The summed E-state index contributed by atoms with van der Waals surface area (Å²) in [5.74, 6) is -0.408. The molecule has 0 saturated heterocycles. The second-order valence-electron chi connectivity index (χ2n) is 4.94. The Balaban J connectivity index is 1.99. The molecule has 0 saturated carbocycles. The van der Waals surface area contributed by atoms with Gasteiger partial charge in [-0.2, -0.15) is 0 Å². The highest BCUT2D eigenvalue weighted by molar-refractivity contribution is 5.94. The average molecular weight is 303 g/mol. The summed E-state index contributed by atoms with van der Waals surface area (Å²) in [6.07, 6.45) is -0.872. The number of rotatable bonds is 5. The van der Waals surface area contributed by atoms with Crippen LogP contribution in [0.2, 0.25) is 0 Å². The van der Waals surface area contributed by atoms with Gasteiger partial charge >= 0.3 is 0 Å². The van der Waals surface area contributed by atoms with Crippen LogP contribution in [0, 0.1) is 12.7 Å². The van der Waals surface area contributed by atoms with Crippen molar-refractivity contribution < 1.29 is 19.0 Å². The predicted molar refractivity (Wildman–Crippen MR) is 81.4 cm³/mol. The van der Waals surface area contributed by atoms with Gasteiger partial charge < -0.3 is 15.2 Å². The van der Waals surface area contributed by atoms with Crippen LogP contribution in [0.5, 0.6) is 5.75 Å². The molecule has 2 N–H and O–H groups in total. The van der Waals surface area contributed by atoms with E-state index in [1.54, 1.807) is 50.4 Å². The summed E-state index contributed by atoms with van der Waals surface area (Å²) in [4.78, 5) is 12.0. The van der Waals surface area contributed by atoms with E-state index in [0.717, 1.165) is 0 Å². The van der Waals surface area contributed by atoms with Gasteiger partial charge in [-0.15, -0.1) is 0 Å². The van der Waals surface area contributed by atoms with Crippen molar-refractivity contribution >= 4 is 5.91 Å². The third kappa shape index (κ3) is 3.62. The van der Waals surface area contributed by atoms with Crippen molar-refractivity contribution in [2.75, 3.05) is 13.7 Å². The lowest BCUT2D eigenvalue weighted by Crippen LogP contribution is -2.29. The first kappa shape index (κ1) is 16.0. The van der Waals surface area contributed by atoms with Crippen molar-refractivity contribution in [2.45, 2.75) is 13.0 Å². The molecule has 0 spiro atoms. The van der Waals surface area contributed by atoms with Gasteiger partial charge in [0.15, 0.2) is 0 Å². The fourth-order valence-corrected chi connectivity index (χ4v) is 2.05. The minimum absolute atomic E-state index is 0.00144. The maximum atomic E-state index is 13.8. The number of amides is 1. The topological polar surface area (TPSA) is 58.6 Å². The Hall–Kier alpha value is -2.40. The van der Waals surface area contributed by atoms with Crippen molar-refractivity contribution in [2.24, 2.45) is 0 Å². The van der Waals surface area contributed by atoms with Crippen molar-refractivity contribution in [1.29, 1.82) is 0 Å². The first-order chi connectivity index (χ1) is 10.5. The van der Waals surface area contributed by atoms with Gasteiger partial charge in [0.05, 0.1) is 18.8 Å². The molecule has 1 unspecified atom stereocenters. The van der Waals surface area contributed by atoms with Gasteiger partial charge in [0.1, 0.15) is 11.6 Å². The lowest BCUT2D eigenvalue weighted by atomic mass is 10.1. The number of aliphatic hydroxyl groups is 1. The first-order valence-electron chi connectivity index (χ1n) is 6.88. The van der Waals surface area contributed by atoms with Crippen molar-refractivity contribution in [3.8, 4) is 5.75 Å². The number of aryl methyl sites for hydroxylation is 1. The average Bonchev–Trinajstić information content (AvgIpc) is 2.55. The van der Waals surface area contributed by atoms with E-state index >= 15 is 0 Å². The number of ether oxygens (including phenoxy) is 1. The fraction of sp³-hybridized carbons (Fsp3) is 0.235. The number of aliphatic hydroxyl groups excluding tert-OH is 1. The standard InChI is InChI=1S/C17H18FNO3/c1-11-4-3-5-14(16(11)18)17(21)19-10-15(20)12-6-8-13(22-2)9-7-12/h3-9,15,20H,10H2,1-2H3,(H,19,21). The molecule has 0 aliphatic heterocycles. The van der Waals surface area contributed by atoms with Crippen LogP contribution in [0.3, 0.4) is 0 Å². The maximum Gasteiger partial charge on any atom is 0.254 e.